The summed E-state index contributed by atoms with van der Waals surface area (Å²) in [6.07, 6.45) is 5.81. The number of esters is 1. The Morgan fingerprint density at radius 2 is 1.61 bits per heavy atom. The maximum absolute atomic E-state index is 12.4. The first-order valence-corrected chi connectivity index (χ1v) is 13.5. The quantitative estimate of drug-likeness (QED) is 0.541. The van der Waals surface area contributed by atoms with Crippen molar-refractivity contribution in [3.8, 4) is 0 Å². The van der Waals surface area contributed by atoms with Crippen LogP contribution in [0.25, 0.3) is 0 Å². The van der Waals surface area contributed by atoms with E-state index in [9.17, 15) is 15.0 Å². The van der Waals surface area contributed by atoms with Gasteiger partial charge in [-0.25, -0.2) is 0 Å². The summed E-state index contributed by atoms with van der Waals surface area (Å²) in [5.74, 6) is 0.689. The molecule has 0 aromatic heterocycles. The van der Waals surface area contributed by atoms with Gasteiger partial charge in [0.2, 0.25) is 0 Å². The summed E-state index contributed by atoms with van der Waals surface area (Å²) in [6.45, 7) is 15.6. The minimum Gasteiger partial charge on any atom is -0.462 e. The Morgan fingerprint density at radius 3 is 2.27 bits per heavy atom. The van der Waals surface area contributed by atoms with E-state index >= 15 is 0 Å². The molecule has 0 aromatic carbocycles. The summed E-state index contributed by atoms with van der Waals surface area (Å²) in [6, 6.07) is 0. The first-order valence-electron chi connectivity index (χ1n) is 13.5. The molecule has 5 nitrogen and oxygen atoms in total. The van der Waals surface area contributed by atoms with Crippen LogP contribution in [0.3, 0.4) is 0 Å². The van der Waals surface area contributed by atoms with Crippen LogP contribution in [0.2, 0.25) is 0 Å². The highest BCUT2D eigenvalue weighted by Crippen LogP contribution is 2.74. The van der Waals surface area contributed by atoms with Gasteiger partial charge in [-0.15, -0.1) is 0 Å². The smallest absolute Gasteiger partial charge is 0.302 e. The first-order chi connectivity index (χ1) is 15.3. The molecule has 12 atom stereocenters. The maximum Gasteiger partial charge on any atom is 0.302 e. The number of hydrogen-bond acceptors (Lipinski definition) is 5. The van der Waals surface area contributed by atoms with Crippen LogP contribution in [-0.2, 0) is 14.3 Å². The Morgan fingerprint density at radius 1 is 0.939 bits per heavy atom. The molecule has 5 rings (SSSR count). The molecule has 4 saturated carbocycles. The molecule has 3 unspecified atom stereocenters. The molecule has 188 valence electrons. The van der Waals surface area contributed by atoms with Gasteiger partial charge in [-0.3, -0.25) is 4.79 Å². The Hall–Kier alpha value is -0.650. The van der Waals surface area contributed by atoms with E-state index in [-0.39, 0.29) is 46.8 Å². The summed E-state index contributed by atoms with van der Waals surface area (Å²) in [4.78, 5) is 12.4. The molecular weight excluding hydrogens is 416 g/mol. The second kappa shape index (κ2) is 7.43. The van der Waals surface area contributed by atoms with Crippen molar-refractivity contribution in [2.45, 2.75) is 118 Å². The zero-order valence-corrected chi connectivity index (χ0v) is 21.8. The van der Waals surface area contributed by atoms with Crippen molar-refractivity contribution in [1.82, 2.24) is 0 Å². The zero-order chi connectivity index (χ0) is 24.1. The van der Waals surface area contributed by atoms with Crippen LogP contribution in [0.5, 0.6) is 0 Å². The number of aliphatic hydroxyl groups excluding tert-OH is 2. The van der Waals surface area contributed by atoms with E-state index < -0.39 is 17.8 Å². The van der Waals surface area contributed by atoms with Crippen LogP contribution >= 0.6 is 0 Å². The predicted octanol–water partition coefficient (Wildman–Crippen LogP) is 4.93. The van der Waals surface area contributed by atoms with Crippen molar-refractivity contribution in [3.63, 3.8) is 0 Å². The lowest BCUT2D eigenvalue weighted by atomic mass is 9.34. The van der Waals surface area contributed by atoms with Gasteiger partial charge in [-0.1, -0.05) is 41.0 Å². The third-order valence-electron chi connectivity index (χ3n) is 12.1. The number of fused-ring (bicyclic) bond motifs is 7. The molecule has 5 fully saturated rings. The molecular formula is C28H46O5. The van der Waals surface area contributed by atoms with Crippen LogP contribution in [0.1, 0.15) is 93.4 Å². The van der Waals surface area contributed by atoms with Crippen LogP contribution < -0.4 is 0 Å². The van der Waals surface area contributed by atoms with Crippen molar-refractivity contribution in [2.75, 3.05) is 0 Å². The van der Waals surface area contributed by atoms with Crippen LogP contribution in [-0.4, -0.2) is 40.8 Å². The van der Waals surface area contributed by atoms with Gasteiger partial charge in [0.15, 0.2) is 6.29 Å². The largest absolute Gasteiger partial charge is 0.462 e. The standard InChI is InChI=1S/C28H46O5/c1-15-22-17(30)13-20-27(6)12-9-18-25(3,4)10-8-11-26(18,5)19(27)14-21(33-16(2)29)28(20,7)23(22)24(31)32-15/h15,17-24,30-31H,8-14H2,1-7H3/t15-,17-,18?,19?,20?,21-,22+,23+,24-,26-,27+,28+/m0/s1. The molecule has 2 N–H and O–H groups in total. The molecule has 5 heteroatoms. The van der Waals surface area contributed by atoms with E-state index in [1.807, 2.05) is 6.92 Å². The molecule has 0 amide bonds. The highest BCUT2D eigenvalue weighted by molar-refractivity contribution is 5.66. The lowest BCUT2D eigenvalue weighted by Gasteiger charge is -2.71. The van der Waals surface area contributed by atoms with Gasteiger partial charge >= 0.3 is 5.97 Å². The van der Waals surface area contributed by atoms with E-state index in [0.29, 0.717) is 23.7 Å². The SMILES string of the molecule is CC(=O)O[C@H]1CC2[C@@]3(C)CCCC(C)(C)C3CC[C@@]2(C)C2C[C@H](O)[C@@H]3[C@H]([C@@H](O)O[C@H]3C)[C@]21C. The first kappa shape index (κ1) is 24.1. The minimum absolute atomic E-state index is 0.0432. The highest BCUT2D eigenvalue weighted by Gasteiger charge is 2.73. The molecule has 1 heterocycles. The Labute approximate surface area is 200 Å². The molecule has 0 radical (unpaired) electrons. The third kappa shape index (κ3) is 3.10. The fraction of sp³-hybridized carbons (Fsp3) is 0.964. The fourth-order valence-electron chi connectivity index (χ4n) is 10.9. The van der Waals surface area contributed by atoms with Crippen LogP contribution in [0, 0.1) is 51.2 Å². The average molecular weight is 463 g/mol. The number of carbonyl (C=O) groups is 1. The van der Waals surface area contributed by atoms with E-state index in [4.69, 9.17) is 9.47 Å². The maximum atomic E-state index is 12.4. The lowest BCUT2D eigenvalue weighted by Crippen LogP contribution is -2.69. The van der Waals surface area contributed by atoms with Crippen molar-refractivity contribution in [1.29, 1.82) is 0 Å². The lowest BCUT2D eigenvalue weighted by molar-refractivity contribution is -0.276. The summed E-state index contributed by atoms with van der Waals surface area (Å²) in [7, 11) is 0. The van der Waals surface area contributed by atoms with E-state index in [0.717, 1.165) is 12.8 Å². The van der Waals surface area contributed by atoms with Gasteiger partial charge in [-0.05, 0) is 79.4 Å². The Balaban J connectivity index is 1.63. The summed E-state index contributed by atoms with van der Waals surface area (Å²) >= 11 is 0. The summed E-state index contributed by atoms with van der Waals surface area (Å²) < 4.78 is 12.1. The van der Waals surface area contributed by atoms with Crippen molar-refractivity contribution in [2.24, 2.45) is 51.2 Å². The number of aliphatic hydroxyl groups is 2. The molecule has 0 aromatic rings. The molecule has 4 aliphatic carbocycles. The van der Waals surface area contributed by atoms with Gasteiger partial charge in [0.05, 0.1) is 12.2 Å². The van der Waals surface area contributed by atoms with Gasteiger partial charge in [0, 0.05) is 24.2 Å². The molecule has 0 bridgehead atoms. The number of hydrogen-bond donors (Lipinski definition) is 2. The minimum atomic E-state index is -0.925. The molecule has 1 saturated heterocycles. The van der Waals surface area contributed by atoms with E-state index in [1.54, 1.807) is 0 Å². The zero-order valence-electron chi connectivity index (χ0n) is 21.8. The van der Waals surface area contributed by atoms with Gasteiger partial charge in [0.1, 0.15) is 6.10 Å². The summed E-state index contributed by atoms with van der Waals surface area (Å²) in [5.41, 5.74) is 0.155. The van der Waals surface area contributed by atoms with E-state index in [2.05, 4.69) is 34.6 Å². The van der Waals surface area contributed by atoms with Gasteiger partial charge in [0.25, 0.3) is 0 Å². The molecule has 33 heavy (non-hydrogen) atoms. The van der Waals surface area contributed by atoms with Crippen LogP contribution in [0.15, 0.2) is 0 Å². The number of ether oxygens (including phenoxy) is 2. The normalized spacial score (nSPS) is 57.3. The van der Waals surface area contributed by atoms with Crippen LogP contribution in [0.4, 0.5) is 0 Å². The van der Waals surface area contributed by atoms with Crippen molar-refractivity contribution < 1.29 is 24.5 Å². The second-order valence-electron chi connectivity index (χ2n) is 13.9. The third-order valence-corrected chi connectivity index (χ3v) is 12.1. The number of rotatable bonds is 1. The Bertz CT molecular complexity index is 810. The fourth-order valence-corrected chi connectivity index (χ4v) is 10.9. The number of carbonyl (C=O) groups excluding carboxylic acids is 1. The predicted molar refractivity (Wildman–Crippen MR) is 126 cm³/mol. The average Bonchev–Trinajstić information content (AvgIpc) is 3.00. The van der Waals surface area contributed by atoms with E-state index in [1.165, 1.54) is 32.6 Å². The van der Waals surface area contributed by atoms with Gasteiger partial charge < -0.3 is 19.7 Å². The second-order valence-corrected chi connectivity index (χ2v) is 13.9. The van der Waals surface area contributed by atoms with Gasteiger partial charge in [-0.2, -0.15) is 0 Å². The highest BCUT2D eigenvalue weighted by atomic mass is 16.6. The van der Waals surface area contributed by atoms with Crippen molar-refractivity contribution in [3.05, 3.63) is 0 Å². The van der Waals surface area contributed by atoms with Crippen molar-refractivity contribution >= 4 is 5.97 Å². The monoisotopic (exact) mass is 462 g/mol. The summed E-state index contributed by atoms with van der Waals surface area (Å²) in [5, 5.41) is 22.5. The topological polar surface area (TPSA) is 76.0 Å². The molecule has 1 aliphatic heterocycles. The molecule has 0 spiro atoms. The molecule has 5 aliphatic rings. The Kier molecular flexibility index (Phi) is 5.42.